The fourth-order valence-corrected chi connectivity index (χ4v) is 5.25. The lowest BCUT2D eigenvalue weighted by atomic mass is 9.95. The molecule has 1 atom stereocenters. The molecular formula is C28H31ClN6O4. The molecule has 1 aliphatic rings. The number of halogens is 1. The topological polar surface area (TPSA) is 135 Å². The van der Waals surface area contributed by atoms with Crippen LogP contribution in [0.25, 0.3) is 22.4 Å². The minimum absolute atomic E-state index is 0.0714. The van der Waals surface area contributed by atoms with Gasteiger partial charge in [0.2, 0.25) is 5.91 Å². The third-order valence-corrected chi connectivity index (χ3v) is 7.35. The Labute approximate surface area is 230 Å². The number of hydroxylamine groups is 1. The fraction of sp³-hybridized carbons (Fsp3) is 0.321. The summed E-state index contributed by atoms with van der Waals surface area (Å²) in [5, 5.41) is 14.4. The van der Waals surface area contributed by atoms with Crippen LogP contribution in [0.1, 0.15) is 30.1 Å². The molecule has 0 spiro atoms. The number of benzene rings is 2. The average molecular weight is 551 g/mol. The second-order valence-electron chi connectivity index (χ2n) is 9.72. The van der Waals surface area contributed by atoms with Gasteiger partial charge in [0, 0.05) is 42.5 Å². The number of aromatic amines is 2. The number of carbonyl (C=O) groups excluding carboxylic acids is 1. The van der Waals surface area contributed by atoms with Gasteiger partial charge in [0.25, 0.3) is 5.56 Å². The van der Waals surface area contributed by atoms with Gasteiger partial charge in [-0.05, 0) is 61.2 Å². The first-order valence-electron chi connectivity index (χ1n) is 12.8. The highest BCUT2D eigenvalue weighted by Crippen LogP contribution is 2.31. The monoisotopic (exact) mass is 550 g/mol. The molecule has 11 heteroatoms. The second-order valence-corrected chi connectivity index (χ2v) is 10.2. The molecule has 1 amide bonds. The van der Waals surface area contributed by atoms with Crippen LogP contribution in [0.4, 0.5) is 11.4 Å². The minimum atomic E-state index is -0.818. The van der Waals surface area contributed by atoms with Gasteiger partial charge in [0.1, 0.15) is 11.4 Å². The summed E-state index contributed by atoms with van der Waals surface area (Å²) in [5.74, 6) is 0.277. The van der Waals surface area contributed by atoms with E-state index in [9.17, 15) is 14.7 Å². The van der Waals surface area contributed by atoms with Crippen LogP contribution in [0.15, 0.2) is 53.5 Å². The van der Waals surface area contributed by atoms with E-state index in [4.69, 9.17) is 21.4 Å². The number of aromatic nitrogens is 3. The molecule has 0 radical (unpaired) electrons. The Hall–Kier alpha value is -3.86. The van der Waals surface area contributed by atoms with E-state index in [1.807, 2.05) is 13.0 Å². The van der Waals surface area contributed by atoms with E-state index in [1.165, 1.54) is 7.11 Å². The Morgan fingerprint density at radius 1 is 1.26 bits per heavy atom. The summed E-state index contributed by atoms with van der Waals surface area (Å²) >= 11 is 6.06. The smallest absolute Gasteiger partial charge is 0.261 e. The van der Waals surface area contributed by atoms with Crippen LogP contribution in [0, 0.1) is 12.8 Å². The predicted molar refractivity (Wildman–Crippen MR) is 152 cm³/mol. The number of aliphatic hydroxyl groups is 1. The number of pyridine rings is 1. The third-order valence-electron chi connectivity index (χ3n) is 7.11. The number of hydrogen-bond acceptors (Lipinski definition) is 7. The molecule has 5 N–H and O–H groups in total. The van der Waals surface area contributed by atoms with Gasteiger partial charge in [-0.2, -0.15) is 0 Å². The molecule has 10 nitrogen and oxygen atoms in total. The van der Waals surface area contributed by atoms with Crippen molar-refractivity contribution in [2.75, 3.05) is 37.0 Å². The highest BCUT2D eigenvalue weighted by molar-refractivity contribution is 6.30. The zero-order valence-electron chi connectivity index (χ0n) is 21.8. The lowest BCUT2D eigenvalue weighted by Gasteiger charge is -2.33. The molecule has 1 aliphatic heterocycles. The Morgan fingerprint density at radius 2 is 2.05 bits per heavy atom. The van der Waals surface area contributed by atoms with Crippen LogP contribution in [-0.2, 0) is 9.63 Å². The second kappa shape index (κ2) is 11.5. The number of hydrogen-bond donors (Lipinski definition) is 5. The first-order valence-corrected chi connectivity index (χ1v) is 13.2. The number of aliphatic hydroxyl groups excluding tert-OH is 1. The van der Waals surface area contributed by atoms with Gasteiger partial charge in [0.15, 0.2) is 0 Å². The van der Waals surface area contributed by atoms with E-state index in [-0.39, 0.29) is 23.9 Å². The molecule has 4 aromatic rings. The van der Waals surface area contributed by atoms with E-state index in [0.29, 0.717) is 27.7 Å². The SMILES string of the molecule is CONC(=O)C1CCN(c2cc(C)c3nc(-c4c(NCC(O)c5cccc(Cl)c5)cc[nH]c4=O)[nH]c3c2)CC1. The molecule has 2 aromatic heterocycles. The van der Waals surface area contributed by atoms with Crippen LogP contribution in [0.5, 0.6) is 0 Å². The van der Waals surface area contributed by atoms with Crippen LogP contribution in [-0.4, -0.2) is 52.7 Å². The number of amides is 1. The summed E-state index contributed by atoms with van der Waals surface area (Å²) in [6.07, 6.45) is 2.20. The largest absolute Gasteiger partial charge is 0.387 e. The van der Waals surface area contributed by atoms with Crippen LogP contribution < -0.4 is 21.3 Å². The Balaban J connectivity index is 1.38. The van der Waals surface area contributed by atoms with E-state index in [1.54, 1.807) is 36.5 Å². The van der Waals surface area contributed by atoms with Crippen molar-refractivity contribution in [3.05, 3.63) is 75.2 Å². The molecule has 0 saturated carbocycles. The molecule has 3 heterocycles. The van der Waals surface area contributed by atoms with Crippen molar-refractivity contribution in [2.24, 2.45) is 5.92 Å². The van der Waals surface area contributed by atoms with Crippen molar-refractivity contribution >= 4 is 39.9 Å². The Kier molecular flexibility index (Phi) is 7.87. The number of rotatable bonds is 8. The van der Waals surface area contributed by atoms with Crippen molar-refractivity contribution in [2.45, 2.75) is 25.9 Å². The van der Waals surface area contributed by atoms with Gasteiger partial charge >= 0.3 is 0 Å². The lowest BCUT2D eigenvalue weighted by Crippen LogP contribution is -2.40. The van der Waals surface area contributed by atoms with Crippen molar-refractivity contribution in [1.29, 1.82) is 0 Å². The summed E-state index contributed by atoms with van der Waals surface area (Å²) in [4.78, 5) is 42.9. The van der Waals surface area contributed by atoms with Gasteiger partial charge in [0.05, 0.1) is 29.9 Å². The zero-order valence-corrected chi connectivity index (χ0v) is 22.5. The minimum Gasteiger partial charge on any atom is -0.387 e. The van der Waals surface area contributed by atoms with Crippen LogP contribution in [0.2, 0.25) is 5.02 Å². The van der Waals surface area contributed by atoms with E-state index in [0.717, 1.165) is 48.2 Å². The number of piperidine rings is 1. The molecule has 0 bridgehead atoms. The number of nitrogens with zero attached hydrogens (tertiary/aromatic N) is 2. The lowest BCUT2D eigenvalue weighted by molar-refractivity contribution is -0.136. The highest BCUT2D eigenvalue weighted by atomic mass is 35.5. The summed E-state index contributed by atoms with van der Waals surface area (Å²) in [7, 11) is 1.44. The maximum absolute atomic E-state index is 12.9. The molecule has 2 aromatic carbocycles. The number of anilines is 2. The number of nitrogens with one attached hydrogen (secondary N) is 4. The average Bonchev–Trinajstić information content (AvgIpc) is 3.36. The molecule has 0 aliphatic carbocycles. The summed E-state index contributed by atoms with van der Waals surface area (Å²) in [6.45, 7) is 3.66. The molecule has 1 unspecified atom stereocenters. The number of aryl methyl sites for hydroxylation is 1. The quantitative estimate of drug-likeness (QED) is 0.210. The van der Waals surface area contributed by atoms with Gasteiger partial charge < -0.3 is 25.3 Å². The highest BCUT2D eigenvalue weighted by Gasteiger charge is 2.26. The first kappa shape index (κ1) is 26.7. The van der Waals surface area contributed by atoms with E-state index < -0.39 is 6.10 Å². The van der Waals surface area contributed by atoms with Gasteiger partial charge in [-0.3, -0.25) is 14.4 Å². The molecular weight excluding hydrogens is 520 g/mol. The van der Waals surface area contributed by atoms with Gasteiger partial charge in [-0.25, -0.2) is 10.5 Å². The predicted octanol–water partition coefficient (Wildman–Crippen LogP) is 3.92. The Bertz CT molecular complexity index is 1540. The number of H-pyrrole nitrogens is 2. The standard InChI is InChI=1S/C28H31ClN6O4/c1-16-12-20(35-10-7-17(8-11-35)27(37)34-39-2)14-22-25(16)33-26(32-22)24-21(6-9-30-28(24)38)31-15-23(36)18-4-3-5-19(29)13-18/h3-6,9,12-14,17,23,36H,7-8,10-11,15H2,1-2H3,(H,32,33)(H,34,37)(H2,30,31,38). The van der Waals surface area contributed by atoms with Crippen LogP contribution >= 0.6 is 11.6 Å². The maximum atomic E-state index is 12.9. The normalized spacial score (nSPS) is 14.9. The summed E-state index contributed by atoms with van der Waals surface area (Å²) < 4.78 is 0. The Morgan fingerprint density at radius 3 is 2.79 bits per heavy atom. The number of imidazole rings is 1. The molecule has 204 valence electrons. The number of fused-ring (bicyclic) bond motifs is 1. The fourth-order valence-electron chi connectivity index (χ4n) is 5.06. The van der Waals surface area contributed by atoms with Gasteiger partial charge in [-0.15, -0.1) is 0 Å². The molecule has 39 heavy (non-hydrogen) atoms. The molecule has 1 saturated heterocycles. The summed E-state index contributed by atoms with van der Waals surface area (Å²) in [5.41, 5.74) is 7.31. The van der Waals surface area contributed by atoms with Crippen molar-refractivity contribution in [1.82, 2.24) is 20.4 Å². The van der Waals surface area contributed by atoms with Crippen molar-refractivity contribution in [3.63, 3.8) is 0 Å². The van der Waals surface area contributed by atoms with E-state index in [2.05, 4.69) is 31.7 Å². The van der Waals surface area contributed by atoms with Crippen LogP contribution in [0.3, 0.4) is 0 Å². The molecule has 1 fully saturated rings. The van der Waals surface area contributed by atoms with E-state index >= 15 is 0 Å². The van der Waals surface area contributed by atoms with Crippen molar-refractivity contribution < 1.29 is 14.7 Å². The van der Waals surface area contributed by atoms with Gasteiger partial charge in [-0.1, -0.05) is 23.7 Å². The zero-order chi connectivity index (χ0) is 27.5. The summed E-state index contributed by atoms with van der Waals surface area (Å²) in [6, 6.07) is 12.9. The first-order chi connectivity index (χ1) is 18.8. The number of carbonyl (C=O) groups is 1. The molecule has 5 rings (SSSR count). The van der Waals surface area contributed by atoms with Crippen molar-refractivity contribution in [3.8, 4) is 11.4 Å². The third kappa shape index (κ3) is 5.78. The maximum Gasteiger partial charge on any atom is 0.261 e.